The summed E-state index contributed by atoms with van der Waals surface area (Å²) < 4.78 is 6.90. The lowest BCUT2D eigenvalue weighted by Gasteiger charge is -2.20. The Balaban J connectivity index is 1.79. The number of amides is 1. The van der Waals surface area contributed by atoms with E-state index in [1.54, 1.807) is 10.9 Å². The standard InChI is InChI=1S/C17H19N5O3/c1-17(2,3)22-10-18-12-13(22)19-15(20-14(12)23)21-16(24)25-9-11-7-5-4-6-8-11/h4-8,10H,9H2,1-3H3,(H2,19,20,21,23,24). The number of carbonyl (C=O) groups is 1. The summed E-state index contributed by atoms with van der Waals surface area (Å²) in [7, 11) is 0. The lowest BCUT2D eigenvalue weighted by atomic mass is 10.1. The molecule has 0 aliphatic heterocycles. The third-order valence-electron chi connectivity index (χ3n) is 3.56. The molecule has 0 aliphatic carbocycles. The van der Waals surface area contributed by atoms with Crippen molar-refractivity contribution in [3.05, 3.63) is 52.6 Å². The number of aromatic amines is 1. The molecule has 0 radical (unpaired) electrons. The van der Waals surface area contributed by atoms with Crippen molar-refractivity contribution in [2.45, 2.75) is 32.9 Å². The van der Waals surface area contributed by atoms with E-state index in [0.29, 0.717) is 5.65 Å². The van der Waals surface area contributed by atoms with E-state index in [-0.39, 0.29) is 23.6 Å². The fourth-order valence-corrected chi connectivity index (χ4v) is 2.32. The molecule has 3 aromatic rings. The zero-order valence-corrected chi connectivity index (χ0v) is 14.2. The first-order chi connectivity index (χ1) is 11.8. The Morgan fingerprint density at radius 3 is 2.68 bits per heavy atom. The van der Waals surface area contributed by atoms with E-state index in [9.17, 15) is 9.59 Å². The number of nitrogens with zero attached hydrogens (tertiary/aromatic N) is 3. The van der Waals surface area contributed by atoms with Crippen molar-refractivity contribution in [3.63, 3.8) is 0 Å². The van der Waals surface area contributed by atoms with E-state index in [2.05, 4.69) is 20.3 Å². The first kappa shape index (κ1) is 16.7. The molecule has 3 rings (SSSR count). The molecule has 8 heteroatoms. The van der Waals surface area contributed by atoms with Crippen LogP contribution in [0.5, 0.6) is 0 Å². The maximum Gasteiger partial charge on any atom is 0.414 e. The molecule has 0 aliphatic rings. The highest BCUT2D eigenvalue weighted by molar-refractivity contribution is 5.83. The fraction of sp³-hybridized carbons (Fsp3) is 0.294. The minimum absolute atomic E-state index is 0.0153. The Kier molecular flexibility index (Phi) is 4.26. The van der Waals surface area contributed by atoms with Crippen LogP contribution >= 0.6 is 0 Å². The van der Waals surface area contributed by atoms with Crippen LogP contribution in [0.15, 0.2) is 41.5 Å². The summed E-state index contributed by atoms with van der Waals surface area (Å²) in [4.78, 5) is 34.9. The number of hydrogen-bond donors (Lipinski definition) is 2. The second-order valence-electron chi connectivity index (χ2n) is 6.56. The molecule has 0 saturated heterocycles. The van der Waals surface area contributed by atoms with Crippen LogP contribution in [0.1, 0.15) is 26.3 Å². The number of benzene rings is 1. The number of ether oxygens (including phenoxy) is 1. The van der Waals surface area contributed by atoms with E-state index >= 15 is 0 Å². The Morgan fingerprint density at radius 1 is 1.28 bits per heavy atom. The molecule has 1 amide bonds. The van der Waals surface area contributed by atoms with Gasteiger partial charge in [-0.05, 0) is 26.3 Å². The monoisotopic (exact) mass is 341 g/mol. The highest BCUT2D eigenvalue weighted by Crippen LogP contribution is 2.19. The molecule has 1 aromatic carbocycles. The van der Waals surface area contributed by atoms with Crippen molar-refractivity contribution in [1.82, 2.24) is 19.5 Å². The van der Waals surface area contributed by atoms with Gasteiger partial charge in [-0.15, -0.1) is 0 Å². The van der Waals surface area contributed by atoms with Gasteiger partial charge in [-0.1, -0.05) is 30.3 Å². The summed E-state index contributed by atoms with van der Waals surface area (Å²) >= 11 is 0. The van der Waals surface area contributed by atoms with Gasteiger partial charge >= 0.3 is 6.09 Å². The second-order valence-corrected chi connectivity index (χ2v) is 6.56. The number of carbonyl (C=O) groups excluding carboxylic acids is 1. The van der Waals surface area contributed by atoms with Gasteiger partial charge in [-0.3, -0.25) is 15.1 Å². The highest BCUT2D eigenvalue weighted by atomic mass is 16.5. The maximum absolute atomic E-state index is 12.1. The average molecular weight is 341 g/mol. The van der Waals surface area contributed by atoms with Crippen molar-refractivity contribution in [3.8, 4) is 0 Å². The van der Waals surface area contributed by atoms with Crippen LogP contribution in [-0.2, 0) is 16.9 Å². The normalized spacial score (nSPS) is 11.5. The van der Waals surface area contributed by atoms with Crippen molar-refractivity contribution in [1.29, 1.82) is 0 Å². The Morgan fingerprint density at radius 2 is 2.00 bits per heavy atom. The van der Waals surface area contributed by atoms with E-state index in [0.717, 1.165) is 5.56 Å². The predicted molar refractivity (Wildman–Crippen MR) is 93.4 cm³/mol. The van der Waals surface area contributed by atoms with Gasteiger partial charge in [0.25, 0.3) is 5.56 Å². The lowest BCUT2D eigenvalue weighted by Crippen LogP contribution is -2.23. The van der Waals surface area contributed by atoms with Crippen LogP contribution < -0.4 is 10.9 Å². The predicted octanol–water partition coefficient (Wildman–Crippen LogP) is 2.62. The first-order valence-corrected chi connectivity index (χ1v) is 7.80. The molecule has 0 fully saturated rings. The van der Waals surface area contributed by atoms with Crippen LogP contribution in [0, 0.1) is 0 Å². The SMILES string of the molecule is CC(C)(C)n1cnc2c(=O)[nH]c(NC(=O)OCc3ccccc3)nc21. The quantitative estimate of drug-likeness (QED) is 0.762. The molecule has 8 nitrogen and oxygen atoms in total. The minimum Gasteiger partial charge on any atom is -0.444 e. The average Bonchev–Trinajstić information content (AvgIpc) is 2.98. The second kappa shape index (κ2) is 6.39. The van der Waals surface area contributed by atoms with Crippen LogP contribution in [0.4, 0.5) is 10.7 Å². The zero-order valence-electron chi connectivity index (χ0n) is 14.2. The van der Waals surface area contributed by atoms with E-state index in [1.807, 2.05) is 51.1 Å². The number of hydrogen-bond acceptors (Lipinski definition) is 5. The molecule has 0 saturated carbocycles. The molecule has 2 N–H and O–H groups in total. The van der Waals surface area contributed by atoms with Gasteiger partial charge < -0.3 is 9.30 Å². The largest absolute Gasteiger partial charge is 0.444 e. The van der Waals surface area contributed by atoms with E-state index in [4.69, 9.17) is 4.74 Å². The van der Waals surface area contributed by atoms with Gasteiger partial charge in [0, 0.05) is 5.54 Å². The molecular formula is C17H19N5O3. The van der Waals surface area contributed by atoms with E-state index in [1.165, 1.54) is 0 Å². The van der Waals surface area contributed by atoms with Crippen LogP contribution in [0.2, 0.25) is 0 Å². The first-order valence-electron chi connectivity index (χ1n) is 7.80. The Hall–Kier alpha value is -3.16. The highest BCUT2D eigenvalue weighted by Gasteiger charge is 2.19. The summed E-state index contributed by atoms with van der Waals surface area (Å²) in [5.74, 6) is 0.0153. The number of aromatic nitrogens is 4. The van der Waals surface area contributed by atoms with Gasteiger partial charge in [-0.25, -0.2) is 9.78 Å². The van der Waals surface area contributed by atoms with Crippen molar-refractivity contribution in [2.24, 2.45) is 0 Å². The third kappa shape index (κ3) is 3.68. The lowest BCUT2D eigenvalue weighted by molar-refractivity contribution is 0.155. The van der Waals surface area contributed by atoms with Crippen LogP contribution in [0.3, 0.4) is 0 Å². The van der Waals surface area contributed by atoms with Gasteiger partial charge in [0.2, 0.25) is 5.95 Å². The summed E-state index contributed by atoms with van der Waals surface area (Å²) in [6.07, 6.45) is 0.859. The molecule has 0 atom stereocenters. The molecule has 130 valence electrons. The molecule has 25 heavy (non-hydrogen) atoms. The minimum atomic E-state index is -0.701. The number of nitrogens with one attached hydrogen (secondary N) is 2. The molecular weight excluding hydrogens is 322 g/mol. The molecule has 2 aromatic heterocycles. The number of fused-ring (bicyclic) bond motifs is 1. The van der Waals surface area contributed by atoms with Crippen LogP contribution in [0.25, 0.3) is 11.2 Å². The third-order valence-corrected chi connectivity index (χ3v) is 3.56. The Bertz CT molecular complexity index is 954. The summed E-state index contributed by atoms with van der Waals surface area (Å²) in [6.45, 7) is 6.04. The van der Waals surface area contributed by atoms with Crippen molar-refractivity contribution >= 4 is 23.2 Å². The zero-order chi connectivity index (χ0) is 18.0. The smallest absolute Gasteiger partial charge is 0.414 e. The molecule has 2 heterocycles. The van der Waals surface area contributed by atoms with E-state index < -0.39 is 11.7 Å². The van der Waals surface area contributed by atoms with Gasteiger partial charge in [0.15, 0.2) is 11.2 Å². The summed E-state index contributed by atoms with van der Waals surface area (Å²) in [6, 6.07) is 9.29. The Labute approximate surface area is 143 Å². The number of H-pyrrole nitrogens is 1. The number of anilines is 1. The maximum atomic E-state index is 12.1. The van der Waals surface area contributed by atoms with Gasteiger partial charge in [-0.2, -0.15) is 4.98 Å². The number of imidazole rings is 1. The molecule has 0 unspecified atom stereocenters. The molecule has 0 spiro atoms. The summed E-state index contributed by atoms with van der Waals surface area (Å²) in [5.41, 5.74) is 0.750. The number of rotatable bonds is 3. The topological polar surface area (TPSA) is 102 Å². The molecule has 0 bridgehead atoms. The fourth-order valence-electron chi connectivity index (χ4n) is 2.32. The van der Waals surface area contributed by atoms with Gasteiger partial charge in [0.1, 0.15) is 6.61 Å². The summed E-state index contributed by atoms with van der Waals surface area (Å²) in [5, 5.41) is 2.44. The van der Waals surface area contributed by atoms with Crippen LogP contribution in [-0.4, -0.2) is 25.6 Å². The van der Waals surface area contributed by atoms with Crippen molar-refractivity contribution in [2.75, 3.05) is 5.32 Å². The van der Waals surface area contributed by atoms with Gasteiger partial charge in [0.05, 0.1) is 6.33 Å². The van der Waals surface area contributed by atoms with Crippen molar-refractivity contribution < 1.29 is 9.53 Å².